The standard InChI is InChI=1S/C31H39N6O10P/c1-7-42-30(40)20(6)36-48(41,47-21-11-9-8-10-12-21)43-16-31(15-32)26(45-29(39)19(4)5)25(44-28(38)18(2)3)24(46-31)22-13-14-23-27(33)34-17-35-37(22)23/h8-14,17-20,24-26H,7,16H2,1-6H3,(H,36,41)(H2,33,34,35)/t20?,24-,25-,26-,31+,48?/m0/s1. The number of benzene rings is 1. The summed E-state index contributed by atoms with van der Waals surface area (Å²) in [5.74, 6) is -3.17. The summed E-state index contributed by atoms with van der Waals surface area (Å²) in [5, 5.41) is 17.5. The Morgan fingerprint density at radius 2 is 1.73 bits per heavy atom. The molecule has 1 aromatic carbocycles. The molecule has 0 saturated carbocycles. The normalized spacial score (nSPS) is 22.5. The fourth-order valence-corrected chi connectivity index (χ4v) is 6.23. The maximum absolute atomic E-state index is 14.3. The monoisotopic (exact) mass is 686 g/mol. The van der Waals surface area contributed by atoms with Gasteiger partial charge in [0.2, 0.25) is 5.60 Å². The van der Waals surface area contributed by atoms with Crippen molar-refractivity contribution in [1.29, 1.82) is 5.26 Å². The number of rotatable bonds is 14. The van der Waals surface area contributed by atoms with E-state index in [2.05, 4.69) is 15.2 Å². The molecule has 48 heavy (non-hydrogen) atoms. The zero-order valence-electron chi connectivity index (χ0n) is 27.4. The molecular formula is C31H39N6O10P. The lowest BCUT2D eigenvalue weighted by Crippen LogP contribution is -2.50. The number of esters is 3. The molecule has 1 aliphatic heterocycles. The molecule has 6 atom stereocenters. The molecule has 17 heteroatoms. The van der Waals surface area contributed by atoms with Crippen LogP contribution in [-0.2, 0) is 42.4 Å². The van der Waals surface area contributed by atoms with Crippen molar-refractivity contribution in [3.63, 3.8) is 0 Å². The zero-order chi connectivity index (χ0) is 35.2. The number of carbonyl (C=O) groups excluding carboxylic acids is 3. The van der Waals surface area contributed by atoms with Crippen molar-refractivity contribution in [3.8, 4) is 11.8 Å². The van der Waals surface area contributed by atoms with E-state index in [9.17, 15) is 24.2 Å². The van der Waals surface area contributed by atoms with Crippen LogP contribution in [0, 0.1) is 23.2 Å². The molecule has 1 aliphatic rings. The van der Waals surface area contributed by atoms with Crippen LogP contribution in [0.5, 0.6) is 5.75 Å². The van der Waals surface area contributed by atoms with E-state index >= 15 is 0 Å². The minimum absolute atomic E-state index is 0.0622. The van der Waals surface area contributed by atoms with Gasteiger partial charge < -0.3 is 29.2 Å². The predicted octanol–water partition coefficient (Wildman–Crippen LogP) is 3.53. The van der Waals surface area contributed by atoms with Crippen LogP contribution < -0.4 is 15.3 Å². The summed E-state index contributed by atoms with van der Waals surface area (Å²) >= 11 is 0. The third kappa shape index (κ3) is 7.94. The number of fused-ring (bicyclic) bond motifs is 1. The van der Waals surface area contributed by atoms with Gasteiger partial charge in [-0.2, -0.15) is 15.4 Å². The minimum Gasteiger partial charge on any atom is -0.465 e. The maximum atomic E-state index is 14.3. The highest BCUT2D eigenvalue weighted by atomic mass is 31.2. The molecule has 3 N–H and O–H groups in total. The van der Waals surface area contributed by atoms with Gasteiger partial charge in [-0.25, -0.2) is 14.1 Å². The summed E-state index contributed by atoms with van der Waals surface area (Å²) in [4.78, 5) is 42.6. The molecule has 3 aromatic rings. The Hall–Kier alpha value is -4.55. The first kappa shape index (κ1) is 36.3. The summed E-state index contributed by atoms with van der Waals surface area (Å²) in [5.41, 5.74) is 4.47. The van der Waals surface area contributed by atoms with Gasteiger partial charge in [0.1, 0.15) is 42.4 Å². The lowest BCUT2D eigenvalue weighted by molar-refractivity contribution is -0.173. The quantitative estimate of drug-likeness (QED) is 0.141. The molecule has 2 unspecified atom stereocenters. The number of para-hydroxylation sites is 1. The second-order valence-corrected chi connectivity index (χ2v) is 13.3. The van der Waals surface area contributed by atoms with Gasteiger partial charge in [-0.15, -0.1) is 0 Å². The molecule has 2 aromatic heterocycles. The molecule has 258 valence electrons. The molecule has 1 fully saturated rings. The average molecular weight is 687 g/mol. The van der Waals surface area contributed by atoms with Gasteiger partial charge in [0.25, 0.3) is 0 Å². The number of anilines is 1. The van der Waals surface area contributed by atoms with Gasteiger partial charge in [0, 0.05) is 0 Å². The van der Waals surface area contributed by atoms with Gasteiger partial charge in [0.05, 0.1) is 24.1 Å². The second kappa shape index (κ2) is 15.1. The Morgan fingerprint density at radius 1 is 1.06 bits per heavy atom. The van der Waals surface area contributed by atoms with Crippen LogP contribution in [0.15, 0.2) is 48.8 Å². The van der Waals surface area contributed by atoms with Crippen molar-refractivity contribution < 1.29 is 46.9 Å². The van der Waals surface area contributed by atoms with Crippen molar-refractivity contribution >= 4 is 37.0 Å². The van der Waals surface area contributed by atoms with E-state index in [1.807, 2.05) is 6.07 Å². The molecule has 0 radical (unpaired) electrons. The number of nitrogens with zero attached hydrogens (tertiary/aromatic N) is 4. The van der Waals surface area contributed by atoms with Crippen molar-refractivity contribution in [2.75, 3.05) is 18.9 Å². The number of hydrogen-bond donors (Lipinski definition) is 2. The van der Waals surface area contributed by atoms with Gasteiger partial charge in [-0.1, -0.05) is 45.9 Å². The summed E-state index contributed by atoms with van der Waals surface area (Å²) in [6, 6.07) is 12.0. The van der Waals surface area contributed by atoms with E-state index in [-0.39, 0.29) is 23.9 Å². The van der Waals surface area contributed by atoms with E-state index < -0.39 is 74.1 Å². The Kier molecular flexibility index (Phi) is 11.4. The number of carbonyl (C=O) groups is 3. The first-order valence-corrected chi connectivity index (χ1v) is 16.8. The highest BCUT2D eigenvalue weighted by Gasteiger charge is 2.62. The fourth-order valence-electron chi connectivity index (χ4n) is 4.71. The first-order chi connectivity index (χ1) is 22.7. The van der Waals surface area contributed by atoms with Gasteiger partial charge in [0.15, 0.2) is 18.0 Å². The fraction of sp³-hybridized carbons (Fsp3) is 0.484. The molecule has 16 nitrogen and oxygen atoms in total. The summed E-state index contributed by atoms with van der Waals surface area (Å²) in [6.07, 6.45) is -3.09. The van der Waals surface area contributed by atoms with Crippen LogP contribution in [0.3, 0.4) is 0 Å². The lowest BCUT2D eigenvalue weighted by Gasteiger charge is -2.31. The van der Waals surface area contributed by atoms with Gasteiger partial charge in [-0.05, 0) is 38.1 Å². The topological polar surface area (TPSA) is 216 Å². The highest BCUT2D eigenvalue weighted by molar-refractivity contribution is 7.52. The largest absolute Gasteiger partial charge is 0.465 e. The third-order valence-corrected chi connectivity index (χ3v) is 8.86. The number of ether oxygens (including phenoxy) is 4. The minimum atomic E-state index is -4.52. The highest BCUT2D eigenvalue weighted by Crippen LogP contribution is 2.50. The number of aromatic nitrogens is 3. The first-order valence-electron chi connectivity index (χ1n) is 15.3. The number of nitrogen functional groups attached to an aromatic ring is 1. The number of nitriles is 1. The molecule has 0 aliphatic carbocycles. The van der Waals surface area contributed by atoms with Gasteiger partial charge >= 0.3 is 25.7 Å². The third-order valence-electron chi connectivity index (χ3n) is 7.23. The molecule has 4 rings (SSSR count). The van der Waals surface area contributed by atoms with E-state index in [0.717, 1.165) is 0 Å². The summed E-state index contributed by atoms with van der Waals surface area (Å²) in [6.45, 7) is 8.60. The Labute approximate surface area is 277 Å². The van der Waals surface area contributed by atoms with E-state index in [4.69, 9.17) is 33.7 Å². The molecule has 0 amide bonds. The molecule has 0 spiro atoms. The molecule has 3 heterocycles. The predicted molar refractivity (Wildman–Crippen MR) is 169 cm³/mol. The smallest absolute Gasteiger partial charge is 0.459 e. The Balaban J connectivity index is 1.80. The molecule has 0 bridgehead atoms. The van der Waals surface area contributed by atoms with Crippen LogP contribution >= 0.6 is 7.75 Å². The number of nitrogens with two attached hydrogens (primary N) is 1. The van der Waals surface area contributed by atoms with Crippen LogP contribution in [0.1, 0.15) is 53.3 Å². The Morgan fingerprint density at radius 3 is 2.35 bits per heavy atom. The van der Waals surface area contributed by atoms with E-state index in [1.165, 1.54) is 29.9 Å². The Bertz CT molecular complexity index is 1710. The van der Waals surface area contributed by atoms with Crippen LogP contribution in [0.25, 0.3) is 5.52 Å². The summed E-state index contributed by atoms with van der Waals surface area (Å²) < 4.78 is 50.3. The van der Waals surface area contributed by atoms with Crippen molar-refractivity contribution in [2.24, 2.45) is 11.8 Å². The maximum Gasteiger partial charge on any atom is 0.459 e. The molecule has 1 saturated heterocycles. The molecular weight excluding hydrogens is 647 g/mol. The number of hydrogen-bond acceptors (Lipinski definition) is 14. The van der Waals surface area contributed by atoms with Crippen molar-refractivity contribution in [3.05, 3.63) is 54.5 Å². The SMILES string of the molecule is CCOC(=O)C(C)NP(=O)(OC[C@@]1(C#N)O[C@@H](c2ccc3c(N)ncnn23)[C@H](OC(=O)C(C)C)[C@@H]1OC(=O)C(C)C)Oc1ccccc1. The van der Waals surface area contributed by atoms with E-state index in [0.29, 0.717) is 5.52 Å². The van der Waals surface area contributed by atoms with Crippen molar-refractivity contribution in [1.82, 2.24) is 19.7 Å². The number of nitrogens with one attached hydrogen (secondary N) is 1. The van der Waals surface area contributed by atoms with Crippen molar-refractivity contribution in [2.45, 2.75) is 71.5 Å². The van der Waals surface area contributed by atoms with Gasteiger partial charge in [-0.3, -0.25) is 18.9 Å². The summed E-state index contributed by atoms with van der Waals surface area (Å²) in [7, 11) is -4.52. The lowest BCUT2D eigenvalue weighted by atomic mass is 9.95. The zero-order valence-corrected chi connectivity index (χ0v) is 28.3. The van der Waals surface area contributed by atoms with E-state index in [1.54, 1.807) is 65.0 Å². The van der Waals surface area contributed by atoms with Crippen LogP contribution in [-0.4, -0.2) is 69.6 Å². The average Bonchev–Trinajstić information content (AvgIpc) is 3.61. The van der Waals surface area contributed by atoms with Crippen LogP contribution in [0.2, 0.25) is 0 Å². The van der Waals surface area contributed by atoms with Crippen LogP contribution in [0.4, 0.5) is 5.82 Å². The second-order valence-electron chi connectivity index (χ2n) is 11.6.